The van der Waals surface area contributed by atoms with Crippen LogP contribution in [-0.4, -0.2) is 49.2 Å². The number of benzene rings is 1. The van der Waals surface area contributed by atoms with Gasteiger partial charge in [-0.05, 0) is 11.6 Å². The molecule has 5 aromatic rings. The summed E-state index contributed by atoms with van der Waals surface area (Å²) >= 11 is 1.48. The quantitative estimate of drug-likeness (QED) is 0.330. The summed E-state index contributed by atoms with van der Waals surface area (Å²) in [6, 6.07) is 9.14. The first-order valence-corrected chi connectivity index (χ1v) is 11.7. The summed E-state index contributed by atoms with van der Waals surface area (Å²) < 4.78 is 16.1. The minimum Gasteiger partial charge on any atom is -0.369 e. The van der Waals surface area contributed by atoms with Crippen LogP contribution < -0.4 is 10.6 Å². The molecule has 36 heavy (non-hydrogen) atoms. The summed E-state index contributed by atoms with van der Waals surface area (Å²) in [5.41, 5.74) is 2.93. The van der Waals surface area contributed by atoms with Gasteiger partial charge in [0.15, 0.2) is 5.82 Å². The number of hydrogen-bond acceptors (Lipinski definition) is 8. The standard InChI is InChI=1S/C24H21FN8OS.H2S/c1-14(15-5-3-6-16-21(23(34)26-2)17(25)11-28-22(15)16)10-27-20-9-18(29-13-30-20)19-12-35-24(32-19)33-8-4-7-31-33;/h3-9,11-14H,10H2,1-2H3,(H,26,34)(H,27,29,30);1H2/t14-;/m1./s1. The summed E-state index contributed by atoms with van der Waals surface area (Å²) in [4.78, 5) is 29.8. The third-order valence-electron chi connectivity index (χ3n) is 5.58. The fraction of sp³-hybridized carbons (Fsp3) is 0.167. The first-order chi connectivity index (χ1) is 17.0. The van der Waals surface area contributed by atoms with Crippen molar-refractivity contribution in [2.45, 2.75) is 12.8 Å². The van der Waals surface area contributed by atoms with Crippen LogP contribution in [0.25, 0.3) is 27.4 Å². The van der Waals surface area contributed by atoms with Crippen LogP contribution in [0, 0.1) is 5.82 Å². The number of carbonyl (C=O) groups excluding carboxylic acids is 1. The zero-order chi connectivity index (χ0) is 24.4. The summed E-state index contributed by atoms with van der Waals surface area (Å²) in [6.45, 7) is 2.57. The first kappa shape index (κ1) is 25.2. The van der Waals surface area contributed by atoms with E-state index in [1.807, 2.05) is 42.8 Å². The molecule has 0 fully saturated rings. The van der Waals surface area contributed by atoms with Gasteiger partial charge in [0.2, 0.25) is 5.13 Å². The molecule has 0 saturated carbocycles. The zero-order valence-corrected chi connectivity index (χ0v) is 21.3. The highest BCUT2D eigenvalue weighted by atomic mass is 32.1. The molecule has 4 aromatic heterocycles. The number of carbonyl (C=O) groups is 1. The minimum absolute atomic E-state index is 0. The fourth-order valence-electron chi connectivity index (χ4n) is 3.81. The van der Waals surface area contributed by atoms with Crippen LogP contribution in [-0.2, 0) is 0 Å². The van der Waals surface area contributed by atoms with Gasteiger partial charge in [-0.25, -0.2) is 24.0 Å². The van der Waals surface area contributed by atoms with Crippen molar-refractivity contribution in [3.63, 3.8) is 0 Å². The fourth-order valence-corrected chi connectivity index (χ4v) is 4.56. The predicted molar refractivity (Wildman–Crippen MR) is 143 cm³/mol. The molecule has 0 aliphatic heterocycles. The maximum atomic E-state index is 14.4. The topological polar surface area (TPSA) is 111 Å². The van der Waals surface area contributed by atoms with E-state index in [4.69, 9.17) is 0 Å². The third kappa shape index (κ3) is 4.90. The van der Waals surface area contributed by atoms with E-state index >= 15 is 0 Å². The van der Waals surface area contributed by atoms with Gasteiger partial charge in [-0.3, -0.25) is 9.78 Å². The van der Waals surface area contributed by atoms with Gasteiger partial charge in [-0.15, -0.1) is 11.3 Å². The van der Waals surface area contributed by atoms with Gasteiger partial charge in [0.05, 0.1) is 23.0 Å². The van der Waals surface area contributed by atoms with Crippen LogP contribution >= 0.6 is 24.8 Å². The third-order valence-corrected chi connectivity index (χ3v) is 6.41. The molecule has 0 unspecified atom stereocenters. The average molecular weight is 523 g/mol. The number of fused-ring (bicyclic) bond motifs is 1. The Morgan fingerprint density at radius 2 is 2.06 bits per heavy atom. The molecule has 0 saturated heterocycles. The van der Waals surface area contributed by atoms with Crippen molar-refractivity contribution in [2.24, 2.45) is 0 Å². The van der Waals surface area contributed by atoms with Gasteiger partial charge in [0.1, 0.15) is 17.8 Å². The van der Waals surface area contributed by atoms with E-state index in [-0.39, 0.29) is 25.0 Å². The van der Waals surface area contributed by atoms with Gasteiger partial charge in [-0.1, -0.05) is 25.1 Å². The molecule has 4 heterocycles. The second-order valence-corrected chi connectivity index (χ2v) is 8.68. The molecule has 12 heteroatoms. The zero-order valence-electron chi connectivity index (χ0n) is 19.4. The van der Waals surface area contributed by atoms with Crippen molar-refractivity contribution in [3.8, 4) is 16.5 Å². The molecule has 184 valence electrons. The van der Waals surface area contributed by atoms with Crippen molar-refractivity contribution in [1.82, 2.24) is 35.0 Å². The maximum Gasteiger partial charge on any atom is 0.254 e. The Balaban J connectivity index is 0.00000304. The Kier molecular flexibility index (Phi) is 7.55. The van der Waals surface area contributed by atoms with Crippen LogP contribution in [0.4, 0.5) is 10.2 Å². The lowest BCUT2D eigenvalue weighted by atomic mass is 9.96. The Bertz CT molecular complexity index is 1510. The molecular formula is C24H23FN8OS2. The molecule has 9 nitrogen and oxygen atoms in total. The van der Waals surface area contributed by atoms with E-state index in [1.54, 1.807) is 16.9 Å². The number of thiazole rings is 1. The number of anilines is 1. The average Bonchev–Trinajstić information content (AvgIpc) is 3.59. The Morgan fingerprint density at radius 3 is 2.83 bits per heavy atom. The van der Waals surface area contributed by atoms with E-state index in [1.165, 1.54) is 24.7 Å². The predicted octanol–water partition coefficient (Wildman–Crippen LogP) is 4.16. The number of pyridine rings is 1. The molecule has 0 aliphatic carbocycles. The number of hydrogen-bond donors (Lipinski definition) is 2. The Hall–Kier alpha value is -3.90. The smallest absolute Gasteiger partial charge is 0.254 e. The summed E-state index contributed by atoms with van der Waals surface area (Å²) in [6.07, 6.45) is 6.13. The molecule has 1 atom stereocenters. The second kappa shape index (κ2) is 10.8. The number of nitrogens with one attached hydrogen (secondary N) is 2. The number of amides is 1. The van der Waals surface area contributed by atoms with Gasteiger partial charge < -0.3 is 10.6 Å². The number of para-hydroxylation sites is 1. The minimum atomic E-state index is -0.647. The van der Waals surface area contributed by atoms with Gasteiger partial charge in [0, 0.05) is 48.7 Å². The van der Waals surface area contributed by atoms with Crippen molar-refractivity contribution in [2.75, 3.05) is 18.9 Å². The lowest BCUT2D eigenvalue weighted by molar-refractivity contribution is 0.0960. The summed E-state index contributed by atoms with van der Waals surface area (Å²) in [5, 5.41) is 13.2. The maximum absolute atomic E-state index is 14.4. The Morgan fingerprint density at radius 1 is 1.19 bits per heavy atom. The lowest BCUT2D eigenvalue weighted by Gasteiger charge is -2.16. The van der Waals surface area contributed by atoms with E-state index in [0.29, 0.717) is 29.0 Å². The largest absolute Gasteiger partial charge is 0.369 e. The highest BCUT2D eigenvalue weighted by Gasteiger charge is 2.19. The normalized spacial score (nSPS) is 11.6. The van der Waals surface area contributed by atoms with Crippen molar-refractivity contribution < 1.29 is 9.18 Å². The highest BCUT2D eigenvalue weighted by molar-refractivity contribution is 7.59. The van der Waals surface area contributed by atoms with Gasteiger partial charge >= 0.3 is 0 Å². The summed E-state index contributed by atoms with van der Waals surface area (Å²) in [7, 11) is 1.48. The monoisotopic (exact) mass is 522 g/mol. The molecule has 0 radical (unpaired) electrons. The molecule has 1 aromatic carbocycles. The molecule has 5 rings (SSSR count). The second-order valence-electron chi connectivity index (χ2n) is 7.84. The first-order valence-electron chi connectivity index (χ1n) is 10.9. The molecule has 2 N–H and O–H groups in total. The van der Waals surface area contributed by atoms with E-state index in [0.717, 1.165) is 22.6 Å². The Labute approximate surface area is 217 Å². The number of aromatic nitrogens is 6. The highest BCUT2D eigenvalue weighted by Crippen LogP contribution is 2.28. The molecule has 0 spiro atoms. The molecule has 0 bridgehead atoms. The van der Waals surface area contributed by atoms with Gasteiger partial charge in [0.25, 0.3) is 5.91 Å². The van der Waals surface area contributed by atoms with Crippen LogP contribution in [0.5, 0.6) is 0 Å². The van der Waals surface area contributed by atoms with E-state index in [9.17, 15) is 9.18 Å². The number of nitrogens with zero attached hydrogens (tertiary/aromatic N) is 6. The SMILES string of the molecule is CNC(=O)c1c(F)cnc2c([C@H](C)CNc3cc(-c4csc(-n5cccn5)n4)ncn3)cccc12.S. The molecular weight excluding hydrogens is 499 g/mol. The van der Waals surface area contributed by atoms with E-state index in [2.05, 4.69) is 35.7 Å². The van der Waals surface area contributed by atoms with Crippen molar-refractivity contribution in [3.05, 3.63) is 77.6 Å². The lowest BCUT2D eigenvalue weighted by Crippen LogP contribution is -2.20. The molecule has 1 amide bonds. The van der Waals surface area contributed by atoms with Gasteiger partial charge in [-0.2, -0.15) is 18.6 Å². The van der Waals surface area contributed by atoms with Crippen LogP contribution in [0.3, 0.4) is 0 Å². The van der Waals surface area contributed by atoms with Crippen LogP contribution in [0.15, 0.2) is 60.6 Å². The number of rotatable bonds is 7. The van der Waals surface area contributed by atoms with Crippen molar-refractivity contribution in [1.29, 1.82) is 0 Å². The summed E-state index contributed by atoms with van der Waals surface area (Å²) in [5.74, 6) is -0.478. The molecule has 0 aliphatic rings. The van der Waals surface area contributed by atoms with E-state index < -0.39 is 11.7 Å². The van der Waals surface area contributed by atoms with Crippen LogP contribution in [0.2, 0.25) is 0 Å². The number of halogens is 1. The van der Waals surface area contributed by atoms with Crippen LogP contribution in [0.1, 0.15) is 28.8 Å². The van der Waals surface area contributed by atoms with Crippen molar-refractivity contribution >= 4 is 47.5 Å².